The topological polar surface area (TPSA) is 111 Å². The van der Waals surface area contributed by atoms with Crippen molar-refractivity contribution in [3.8, 4) is 0 Å². The highest BCUT2D eigenvalue weighted by Crippen LogP contribution is 2.36. The van der Waals surface area contributed by atoms with Gasteiger partial charge in [-0.2, -0.15) is 0 Å². The van der Waals surface area contributed by atoms with Gasteiger partial charge in [0.2, 0.25) is 5.91 Å². The third-order valence-corrected chi connectivity index (χ3v) is 9.03. The van der Waals surface area contributed by atoms with Gasteiger partial charge in [-0.25, -0.2) is 9.82 Å². The number of nitrogens with zero attached hydrogens (tertiary/aromatic N) is 2. The Hall–Kier alpha value is -4.57. The van der Waals surface area contributed by atoms with Crippen LogP contribution >= 0.6 is 0 Å². The van der Waals surface area contributed by atoms with Crippen LogP contribution in [0.2, 0.25) is 0 Å². The van der Waals surface area contributed by atoms with Crippen LogP contribution in [0.1, 0.15) is 72.2 Å². The number of piperidine rings is 1. The summed E-state index contributed by atoms with van der Waals surface area (Å²) < 4.78 is 14.8. The summed E-state index contributed by atoms with van der Waals surface area (Å²) in [6, 6.07) is 17.4. The van der Waals surface area contributed by atoms with E-state index in [2.05, 4.69) is 16.2 Å². The van der Waals surface area contributed by atoms with E-state index in [4.69, 9.17) is 0 Å². The monoisotopic (exact) mass is 597 g/mol. The molecule has 1 saturated heterocycles. The third-order valence-electron chi connectivity index (χ3n) is 9.03. The first kappa shape index (κ1) is 29.5. The lowest BCUT2D eigenvalue weighted by Gasteiger charge is -2.43. The molecule has 4 amide bonds. The Morgan fingerprint density at radius 1 is 0.977 bits per heavy atom. The summed E-state index contributed by atoms with van der Waals surface area (Å²) in [6.45, 7) is 3.99. The average molecular weight is 598 g/mol. The molecule has 6 rings (SSSR count). The van der Waals surface area contributed by atoms with Crippen LogP contribution in [0, 0.1) is 18.7 Å². The lowest BCUT2D eigenvalue weighted by molar-refractivity contribution is -0.140. The Balaban J connectivity index is 1.03. The second-order valence-corrected chi connectivity index (χ2v) is 11.7. The molecule has 1 atom stereocenters. The number of hydrazine groups is 1. The minimum absolute atomic E-state index is 0.00864. The van der Waals surface area contributed by atoms with Crippen molar-refractivity contribution in [1.82, 2.24) is 26.0 Å². The van der Waals surface area contributed by atoms with Gasteiger partial charge in [0.05, 0.1) is 11.6 Å². The second kappa shape index (κ2) is 12.6. The van der Waals surface area contributed by atoms with Crippen molar-refractivity contribution in [2.75, 3.05) is 32.7 Å². The largest absolute Gasteiger partial charge is 0.350 e. The summed E-state index contributed by atoms with van der Waals surface area (Å²) >= 11 is 0. The molecule has 44 heavy (non-hydrogen) atoms. The predicted molar refractivity (Wildman–Crippen MR) is 162 cm³/mol. The number of carbonyl (C=O) groups excluding carboxylic acids is 4. The minimum Gasteiger partial charge on any atom is -0.350 e. The first-order chi connectivity index (χ1) is 21.3. The van der Waals surface area contributed by atoms with Gasteiger partial charge in [0.1, 0.15) is 5.82 Å². The SMILES string of the molecule is Cc1ccccc1C(=O)NNCCc1ccc(F)c(C(=O)N2CCC(C(=O)N3CCc4cccc5c4C3CNC5=O)CC2)c1. The van der Waals surface area contributed by atoms with Crippen LogP contribution in [0.15, 0.2) is 60.7 Å². The van der Waals surface area contributed by atoms with Crippen molar-refractivity contribution in [1.29, 1.82) is 0 Å². The number of carbonyl (C=O) groups is 4. The standard InChI is InChI=1S/C34H36FN5O4/c1-21-5-2-3-7-25(21)32(42)38-37-15-11-22-9-10-28(35)27(19-22)34(44)39-16-12-24(13-17-39)33(43)40-18-14-23-6-4-8-26-30(23)29(40)20-36-31(26)41/h2-10,19,24,29,37H,11-18,20H2,1H3,(H,36,41)(H,38,42). The number of likely N-dealkylation sites (tertiary alicyclic amines) is 1. The fraction of sp³-hybridized carbons (Fsp3) is 0.353. The molecule has 3 aliphatic rings. The Bertz CT molecular complexity index is 1620. The summed E-state index contributed by atoms with van der Waals surface area (Å²) in [4.78, 5) is 55.4. The molecule has 10 heteroatoms. The van der Waals surface area contributed by atoms with Gasteiger partial charge in [-0.15, -0.1) is 0 Å². The predicted octanol–water partition coefficient (Wildman–Crippen LogP) is 3.33. The molecule has 1 fully saturated rings. The molecule has 9 nitrogen and oxygen atoms in total. The van der Waals surface area contributed by atoms with Crippen LogP contribution in [-0.2, 0) is 17.6 Å². The Kier molecular flexibility index (Phi) is 8.43. The van der Waals surface area contributed by atoms with E-state index in [1.165, 1.54) is 6.07 Å². The van der Waals surface area contributed by atoms with Gasteiger partial charge in [-0.1, -0.05) is 36.4 Å². The van der Waals surface area contributed by atoms with Gasteiger partial charge in [-0.3, -0.25) is 24.6 Å². The maximum atomic E-state index is 14.8. The normalized spacial score (nSPS) is 18.0. The zero-order valence-corrected chi connectivity index (χ0v) is 24.7. The van der Waals surface area contributed by atoms with E-state index in [1.54, 1.807) is 29.2 Å². The number of benzene rings is 3. The highest BCUT2D eigenvalue weighted by Gasteiger charge is 2.40. The number of hydrogen-bond acceptors (Lipinski definition) is 5. The molecule has 0 bridgehead atoms. The molecule has 0 aromatic heterocycles. The molecular weight excluding hydrogens is 561 g/mol. The molecule has 3 N–H and O–H groups in total. The van der Waals surface area contributed by atoms with Crippen LogP contribution in [-0.4, -0.2) is 66.2 Å². The fourth-order valence-corrected chi connectivity index (χ4v) is 6.61. The van der Waals surface area contributed by atoms with Gasteiger partial charge >= 0.3 is 0 Å². The van der Waals surface area contributed by atoms with Crippen molar-refractivity contribution in [2.24, 2.45) is 5.92 Å². The molecule has 0 spiro atoms. The maximum absolute atomic E-state index is 14.8. The molecule has 0 radical (unpaired) electrons. The molecule has 3 aromatic rings. The van der Waals surface area contributed by atoms with E-state index in [1.807, 2.05) is 42.2 Å². The van der Waals surface area contributed by atoms with Crippen LogP contribution in [0.25, 0.3) is 0 Å². The van der Waals surface area contributed by atoms with Crippen LogP contribution in [0.4, 0.5) is 4.39 Å². The number of amides is 4. The highest BCUT2D eigenvalue weighted by atomic mass is 19.1. The first-order valence-corrected chi connectivity index (χ1v) is 15.2. The van der Waals surface area contributed by atoms with Crippen LogP contribution in [0.3, 0.4) is 0 Å². The molecular formula is C34H36FN5O4. The van der Waals surface area contributed by atoms with Crippen molar-refractivity contribution in [2.45, 2.75) is 38.6 Å². The van der Waals surface area contributed by atoms with Gasteiger partial charge in [0.25, 0.3) is 17.7 Å². The van der Waals surface area contributed by atoms with Crippen molar-refractivity contribution in [3.05, 3.63) is 105 Å². The van der Waals surface area contributed by atoms with Gasteiger partial charge < -0.3 is 15.1 Å². The van der Waals surface area contributed by atoms with Crippen molar-refractivity contribution >= 4 is 23.6 Å². The van der Waals surface area contributed by atoms with E-state index < -0.39 is 5.82 Å². The first-order valence-electron chi connectivity index (χ1n) is 15.2. The second-order valence-electron chi connectivity index (χ2n) is 11.7. The van der Waals surface area contributed by atoms with Gasteiger partial charge in [-0.05, 0) is 79.1 Å². The highest BCUT2D eigenvalue weighted by molar-refractivity contribution is 5.98. The zero-order valence-electron chi connectivity index (χ0n) is 24.7. The van der Waals surface area contributed by atoms with E-state index >= 15 is 0 Å². The lowest BCUT2D eigenvalue weighted by atomic mass is 9.84. The number of nitrogens with one attached hydrogen (secondary N) is 3. The smallest absolute Gasteiger partial charge is 0.265 e. The number of aryl methyl sites for hydroxylation is 1. The summed E-state index contributed by atoms with van der Waals surface area (Å²) in [6.07, 6.45) is 2.19. The molecule has 3 heterocycles. The minimum atomic E-state index is -0.583. The molecule has 1 unspecified atom stereocenters. The number of rotatable bonds is 7. The molecule has 228 valence electrons. The lowest BCUT2D eigenvalue weighted by Crippen LogP contribution is -2.52. The summed E-state index contributed by atoms with van der Waals surface area (Å²) in [7, 11) is 0. The molecule has 3 aromatic carbocycles. The molecule has 3 aliphatic heterocycles. The molecule has 0 aliphatic carbocycles. The summed E-state index contributed by atoms with van der Waals surface area (Å²) in [5, 5.41) is 2.92. The van der Waals surface area contributed by atoms with Crippen molar-refractivity contribution in [3.63, 3.8) is 0 Å². The summed E-state index contributed by atoms with van der Waals surface area (Å²) in [5.41, 5.74) is 10.5. The Labute approximate surface area is 255 Å². The number of halogens is 1. The fourth-order valence-electron chi connectivity index (χ4n) is 6.61. The van der Waals surface area contributed by atoms with Crippen molar-refractivity contribution < 1.29 is 23.6 Å². The Morgan fingerprint density at radius 2 is 1.77 bits per heavy atom. The van der Waals surface area contributed by atoms with Crippen LogP contribution < -0.4 is 16.2 Å². The zero-order chi connectivity index (χ0) is 30.8. The van der Waals surface area contributed by atoms with Gasteiger partial charge in [0, 0.05) is 49.8 Å². The van der Waals surface area contributed by atoms with E-state index in [9.17, 15) is 23.6 Å². The van der Waals surface area contributed by atoms with Crippen LogP contribution in [0.5, 0.6) is 0 Å². The van der Waals surface area contributed by atoms with E-state index in [0.29, 0.717) is 69.5 Å². The van der Waals surface area contributed by atoms with E-state index in [-0.39, 0.29) is 41.2 Å². The molecule has 0 saturated carbocycles. The number of hydrogen-bond donors (Lipinski definition) is 3. The Morgan fingerprint density at radius 3 is 2.57 bits per heavy atom. The van der Waals surface area contributed by atoms with E-state index in [0.717, 1.165) is 22.3 Å². The average Bonchev–Trinajstić information content (AvgIpc) is 3.05. The maximum Gasteiger partial charge on any atom is 0.265 e. The third kappa shape index (κ3) is 5.81. The van der Waals surface area contributed by atoms with Gasteiger partial charge in [0.15, 0.2) is 0 Å². The summed E-state index contributed by atoms with van der Waals surface area (Å²) in [5.74, 6) is -1.49. The quantitative estimate of drug-likeness (QED) is 0.286.